The van der Waals surface area contributed by atoms with Gasteiger partial charge in [-0.1, -0.05) is 155 Å². The number of rotatable bonds is 5. The number of furan rings is 2. The highest BCUT2D eigenvalue weighted by Crippen LogP contribution is 2.64. The Balaban J connectivity index is 1.15. The van der Waals surface area contributed by atoms with Crippen molar-refractivity contribution in [3.63, 3.8) is 0 Å². The van der Waals surface area contributed by atoms with Crippen molar-refractivity contribution in [2.24, 2.45) is 0 Å². The summed E-state index contributed by atoms with van der Waals surface area (Å²) in [6, 6.07) is 65.4. The summed E-state index contributed by atoms with van der Waals surface area (Å²) in [5.74, 6) is 1.94. The molecule has 1 aliphatic heterocycles. The van der Waals surface area contributed by atoms with Gasteiger partial charge in [-0.2, -0.15) is 0 Å². The molecule has 0 fully saturated rings. The molecule has 334 valence electrons. The Hall–Kier alpha value is -8.41. The number of fused-ring (bicyclic) bond motifs is 15. The van der Waals surface area contributed by atoms with Crippen LogP contribution in [0.2, 0.25) is 0 Å². The maximum Gasteiger partial charge on any atom is 0.145 e. The SMILES string of the molecule is Bc1c(O)c(B)c2c(oc3c(B)c(B)c(-c4cc(N(c5ccccc5)c5ccccc5-c5cccc6oc7ccccc7c56)cc5c4Oc4ccccc4C54c5ccccc5-c5ccccc54)c(B)c32)c1B. The molecule has 0 radical (unpaired) electrons. The van der Waals surface area contributed by atoms with Crippen molar-refractivity contribution in [1.82, 2.24) is 0 Å². The van der Waals surface area contributed by atoms with Crippen LogP contribution in [-0.4, -0.2) is 52.2 Å². The van der Waals surface area contributed by atoms with E-state index in [2.05, 4.69) is 198 Å². The molecule has 0 saturated heterocycles. The van der Waals surface area contributed by atoms with Crippen LogP contribution in [0, 0.1) is 0 Å². The number of anilines is 3. The second kappa shape index (κ2) is 15.5. The molecule has 0 saturated carbocycles. The van der Waals surface area contributed by atoms with Gasteiger partial charge in [0.15, 0.2) is 0 Å². The third kappa shape index (κ3) is 5.62. The molecule has 0 atom stereocenters. The summed E-state index contributed by atoms with van der Waals surface area (Å²) in [5, 5.41) is 15.7. The molecule has 2 aromatic heterocycles. The minimum atomic E-state index is -0.758. The van der Waals surface area contributed by atoms with Crippen LogP contribution >= 0.6 is 0 Å². The Labute approximate surface area is 422 Å². The predicted molar refractivity (Wildman–Crippen MR) is 315 cm³/mol. The second-order valence-corrected chi connectivity index (χ2v) is 19.8. The van der Waals surface area contributed by atoms with Crippen molar-refractivity contribution < 1.29 is 18.7 Å². The van der Waals surface area contributed by atoms with Crippen LogP contribution in [0.4, 0.5) is 17.1 Å². The van der Waals surface area contributed by atoms with E-state index in [-0.39, 0.29) is 0 Å². The van der Waals surface area contributed by atoms with Crippen LogP contribution in [0.3, 0.4) is 0 Å². The summed E-state index contributed by atoms with van der Waals surface area (Å²) in [6.07, 6.45) is 0. The van der Waals surface area contributed by atoms with E-state index in [0.29, 0.717) is 5.75 Å². The molecular formula is C61H43B6NO4. The highest BCUT2D eigenvalue weighted by Gasteiger charge is 2.52. The predicted octanol–water partition coefficient (Wildman–Crippen LogP) is 6.01. The monoisotopic (exact) mass is 919 g/mol. The average Bonchev–Trinajstić information content (AvgIpc) is 4.10. The second-order valence-electron chi connectivity index (χ2n) is 19.8. The van der Waals surface area contributed by atoms with Crippen LogP contribution in [0.15, 0.2) is 191 Å². The average molecular weight is 919 g/mol. The summed E-state index contributed by atoms with van der Waals surface area (Å²) in [6.45, 7) is 0. The quantitative estimate of drug-likeness (QED) is 0.215. The number of para-hydroxylation sites is 4. The number of phenolic OH excluding ortho intramolecular Hbond substituents is 1. The molecule has 1 spiro atoms. The van der Waals surface area contributed by atoms with E-state index in [1.165, 1.54) is 22.3 Å². The Kier molecular flexibility index (Phi) is 9.17. The molecule has 3 heterocycles. The van der Waals surface area contributed by atoms with Gasteiger partial charge in [-0.05, 0) is 92.8 Å². The van der Waals surface area contributed by atoms with Crippen LogP contribution in [-0.2, 0) is 5.41 Å². The zero-order valence-corrected chi connectivity index (χ0v) is 40.9. The molecule has 0 bridgehead atoms. The largest absolute Gasteiger partial charge is 0.509 e. The molecule has 2 aliphatic rings. The van der Waals surface area contributed by atoms with Gasteiger partial charge in [-0.15, -0.1) is 0 Å². The lowest BCUT2D eigenvalue weighted by molar-refractivity contribution is 0.438. The van der Waals surface area contributed by atoms with Crippen molar-refractivity contribution in [1.29, 1.82) is 0 Å². The first-order chi connectivity index (χ1) is 35.2. The zero-order chi connectivity index (χ0) is 48.7. The van der Waals surface area contributed by atoms with Gasteiger partial charge >= 0.3 is 0 Å². The van der Waals surface area contributed by atoms with Crippen LogP contribution in [0.25, 0.3) is 77.3 Å². The number of hydrogen-bond donors (Lipinski definition) is 1. The number of phenols is 1. The number of nitrogens with zero attached hydrogens (tertiary/aromatic N) is 1. The fourth-order valence-corrected chi connectivity index (χ4v) is 12.7. The maximum atomic E-state index is 11.6. The molecule has 11 heteroatoms. The number of benzene rings is 10. The van der Waals surface area contributed by atoms with E-state index in [0.717, 1.165) is 139 Å². The van der Waals surface area contributed by atoms with Crippen molar-refractivity contribution in [2.45, 2.75) is 5.41 Å². The summed E-state index contributed by atoms with van der Waals surface area (Å²) < 4.78 is 21.0. The van der Waals surface area contributed by atoms with Gasteiger partial charge in [0.25, 0.3) is 0 Å². The van der Waals surface area contributed by atoms with Crippen molar-refractivity contribution in [3.8, 4) is 50.6 Å². The van der Waals surface area contributed by atoms with E-state index in [9.17, 15) is 5.11 Å². The van der Waals surface area contributed by atoms with Gasteiger partial charge in [0, 0.05) is 55.2 Å². The molecule has 1 aliphatic carbocycles. The zero-order valence-electron chi connectivity index (χ0n) is 40.9. The van der Waals surface area contributed by atoms with E-state index < -0.39 is 5.41 Å². The first-order valence-electron chi connectivity index (χ1n) is 24.8. The highest BCUT2D eigenvalue weighted by molar-refractivity contribution is 6.63. The molecule has 1 N–H and O–H groups in total. The smallest absolute Gasteiger partial charge is 0.145 e. The Bertz CT molecular complexity index is 4270. The minimum Gasteiger partial charge on any atom is -0.509 e. The highest BCUT2D eigenvalue weighted by atomic mass is 16.5. The molecule has 72 heavy (non-hydrogen) atoms. The third-order valence-corrected chi connectivity index (χ3v) is 16.2. The minimum absolute atomic E-state index is 0.304. The van der Waals surface area contributed by atoms with E-state index in [1.807, 2.05) is 35.7 Å². The summed E-state index contributed by atoms with van der Waals surface area (Å²) in [7, 11) is 12.6. The number of ether oxygens (including phenoxy) is 1. The van der Waals surface area contributed by atoms with E-state index in [1.54, 1.807) is 0 Å². The number of hydrogen-bond acceptors (Lipinski definition) is 5. The molecule has 14 rings (SSSR count). The van der Waals surface area contributed by atoms with Gasteiger partial charge in [0.2, 0.25) is 0 Å². The molecular weight excluding hydrogens is 876 g/mol. The first-order valence-corrected chi connectivity index (χ1v) is 24.8. The van der Waals surface area contributed by atoms with Crippen molar-refractivity contribution in [3.05, 3.63) is 204 Å². The first kappa shape index (κ1) is 42.5. The lowest BCUT2D eigenvalue weighted by atomic mass is 9.64. The fraction of sp³-hybridized carbons (Fsp3) is 0.0164. The molecule has 10 aromatic carbocycles. The van der Waals surface area contributed by atoms with Crippen LogP contribution in [0.1, 0.15) is 22.3 Å². The van der Waals surface area contributed by atoms with Gasteiger partial charge in [-0.25, -0.2) is 0 Å². The summed E-state index contributed by atoms with van der Waals surface area (Å²) in [5.41, 5.74) is 22.6. The summed E-state index contributed by atoms with van der Waals surface area (Å²) >= 11 is 0. The van der Waals surface area contributed by atoms with Gasteiger partial charge in [0.1, 0.15) is 86.7 Å². The maximum absolute atomic E-state index is 11.6. The fourth-order valence-electron chi connectivity index (χ4n) is 12.7. The topological polar surface area (TPSA) is 59.0 Å². The Morgan fingerprint density at radius 2 is 0.986 bits per heavy atom. The standard InChI is InChI=1S/C61H43B6NO4/c62-51-48(52(63)55(66)59-49(51)50-53(64)57(69)54(65)56(67)60(50)72-59)38-29-32(30-42-58(38)71-45-27-13-10-24-41(45)61(42)39-22-8-4-17-33(39)34-18-5-9-23-40(34)61)68(31-15-2-1-3-16-31)43-25-11-6-19-35(43)36-21-14-28-46-47(36)37-20-7-12-26-44(37)70-46/h1-30,69H,62-67H2. The van der Waals surface area contributed by atoms with E-state index >= 15 is 0 Å². The van der Waals surface area contributed by atoms with Crippen LogP contribution < -0.4 is 42.4 Å². The normalized spacial score (nSPS) is 13.1. The van der Waals surface area contributed by atoms with Gasteiger partial charge in [0.05, 0.1) is 11.1 Å². The third-order valence-electron chi connectivity index (χ3n) is 16.2. The van der Waals surface area contributed by atoms with Gasteiger partial charge < -0.3 is 23.6 Å². The molecule has 12 aromatic rings. The van der Waals surface area contributed by atoms with Gasteiger partial charge in [-0.3, -0.25) is 0 Å². The lowest BCUT2D eigenvalue weighted by Gasteiger charge is -2.41. The van der Waals surface area contributed by atoms with Crippen molar-refractivity contribution >= 4 is 141 Å². The number of aromatic hydroxyl groups is 1. The molecule has 5 nitrogen and oxygen atoms in total. The van der Waals surface area contributed by atoms with Crippen molar-refractivity contribution in [2.75, 3.05) is 4.90 Å². The lowest BCUT2D eigenvalue weighted by Crippen LogP contribution is -2.36. The van der Waals surface area contributed by atoms with Crippen LogP contribution in [0.5, 0.6) is 17.2 Å². The molecule has 0 amide bonds. The summed E-state index contributed by atoms with van der Waals surface area (Å²) in [4.78, 5) is 2.43. The van der Waals surface area contributed by atoms with E-state index in [4.69, 9.17) is 13.6 Å². The molecule has 0 unspecified atom stereocenters. The Morgan fingerprint density at radius 3 is 1.74 bits per heavy atom. The Morgan fingerprint density at radius 1 is 0.403 bits per heavy atom.